The number of halogens is 1. The van der Waals surface area contributed by atoms with Crippen molar-refractivity contribution in [3.8, 4) is 10.6 Å². The minimum Gasteiger partial charge on any atom is -0.312 e. The topological polar surface area (TPSA) is 24.9 Å². The summed E-state index contributed by atoms with van der Waals surface area (Å²) in [5.41, 5.74) is 2.75. The van der Waals surface area contributed by atoms with Crippen molar-refractivity contribution in [2.24, 2.45) is 5.92 Å². The van der Waals surface area contributed by atoms with Gasteiger partial charge in [0, 0.05) is 17.0 Å². The summed E-state index contributed by atoms with van der Waals surface area (Å²) >= 11 is 1.60. The predicted octanol–water partition coefficient (Wildman–Crippen LogP) is 4.57. The monoisotopic (exact) mass is 306 g/mol. The summed E-state index contributed by atoms with van der Waals surface area (Å²) in [6.45, 7) is 10.2. The number of hydrogen-bond donors (Lipinski definition) is 1. The summed E-state index contributed by atoms with van der Waals surface area (Å²) in [6, 6.07) is 5.19. The van der Waals surface area contributed by atoms with E-state index in [1.165, 1.54) is 10.9 Å². The molecule has 2 aromatic rings. The molecular formula is C17H23FN2S. The van der Waals surface area contributed by atoms with Crippen LogP contribution >= 0.6 is 11.3 Å². The molecule has 0 spiro atoms. The van der Waals surface area contributed by atoms with Gasteiger partial charge in [0.25, 0.3) is 0 Å². The molecule has 1 heterocycles. The maximum atomic E-state index is 14.0. The first-order valence-electron chi connectivity index (χ1n) is 7.47. The number of hydrogen-bond acceptors (Lipinski definition) is 3. The Kier molecular flexibility index (Phi) is 5.48. The molecule has 0 saturated carbocycles. The van der Waals surface area contributed by atoms with Gasteiger partial charge in [-0.15, -0.1) is 11.3 Å². The third kappa shape index (κ3) is 4.11. The van der Waals surface area contributed by atoms with Crippen molar-refractivity contribution in [3.05, 3.63) is 40.2 Å². The molecule has 21 heavy (non-hydrogen) atoms. The van der Waals surface area contributed by atoms with E-state index in [-0.39, 0.29) is 5.82 Å². The highest BCUT2D eigenvalue weighted by molar-refractivity contribution is 7.15. The van der Waals surface area contributed by atoms with E-state index in [1.807, 2.05) is 13.0 Å². The van der Waals surface area contributed by atoms with Gasteiger partial charge in [-0.3, -0.25) is 0 Å². The summed E-state index contributed by atoms with van der Waals surface area (Å²) in [5.74, 6) is 0.426. The Labute approximate surface area is 130 Å². The summed E-state index contributed by atoms with van der Waals surface area (Å²) in [6.07, 6.45) is 0.878. The van der Waals surface area contributed by atoms with Crippen LogP contribution in [0.1, 0.15) is 36.9 Å². The van der Waals surface area contributed by atoms with Crippen LogP contribution < -0.4 is 5.32 Å². The molecule has 0 aliphatic heterocycles. The number of thiazole rings is 1. The van der Waals surface area contributed by atoms with Gasteiger partial charge in [-0.2, -0.15) is 0 Å². The van der Waals surface area contributed by atoms with E-state index in [4.69, 9.17) is 0 Å². The minimum absolute atomic E-state index is 0.196. The molecule has 0 saturated heterocycles. The van der Waals surface area contributed by atoms with Crippen LogP contribution in [-0.4, -0.2) is 11.5 Å². The average molecular weight is 306 g/mol. The van der Waals surface area contributed by atoms with E-state index < -0.39 is 0 Å². The number of aryl methyl sites for hydroxylation is 2. The zero-order valence-electron chi connectivity index (χ0n) is 13.2. The second-order valence-electron chi connectivity index (χ2n) is 5.75. The third-order valence-corrected chi connectivity index (χ3v) is 4.43. The van der Waals surface area contributed by atoms with Gasteiger partial charge in [0.05, 0.1) is 5.69 Å². The largest absolute Gasteiger partial charge is 0.312 e. The molecule has 114 valence electrons. The molecule has 0 aliphatic rings. The van der Waals surface area contributed by atoms with Crippen LogP contribution in [0.3, 0.4) is 0 Å². The molecule has 0 radical (unpaired) electrons. The van der Waals surface area contributed by atoms with Gasteiger partial charge in [-0.1, -0.05) is 32.4 Å². The SMILES string of the molecule is CCc1nc(-c2cc(C)ccc2F)sc1CNCC(C)C. The fourth-order valence-electron chi connectivity index (χ4n) is 2.19. The lowest BCUT2D eigenvalue weighted by atomic mass is 10.1. The first-order valence-corrected chi connectivity index (χ1v) is 8.28. The van der Waals surface area contributed by atoms with E-state index in [0.29, 0.717) is 11.5 Å². The quantitative estimate of drug-likeness (QED) is 0.846. The molecule has 0 unspecified atom stereocenters. The van der Waals surface area contributed by atoms with Crippen LogP contribution in [0.2, 0.25) is 0 Å². The van der Waals surface area contributed by atoms with Crippen molar-refractivity contribution in [1.29, 1.82) is 0 Å². The summed E-state index contributed by atoms with van der Waals surface area (Å²) in [4.78, 5) is 5.85. The zero-order chi connectivity index (χ0) is 15.4. The second-order valence-corrected chi connectivity index (χ2v) is 6.83. The maximum absolute atomic E-state index is 14.0. The van der Waals surface area contributed by atoms with Crippen molar-refractivity contribution < 1.29 is 4.39 Å². The molecule has 0 bridgehead atoms. The molecule has 0 amide bonds. The van der Waals surface area contributed by atoms with Crippen LogP contribution in [0.25, 0.3) is 10.6 Å². The predicted molar refractivity (Wildman–Crippen MR) is 88.2 cm³/mol. The van der Waals surface area contributed by atoms with Crippen LogP contribution in [0, 0.1) is 18.7 Å². The van der Waals surface area contributed by atoms with Crippen molar-refractivity contribution in [3.63, 3.8) is 0 Å². The lowest BCUT2D eigenvalue weighted by Gasteiger charge is -2.06. The highest BCUT2D eigenvalue weighted by Crippen LogP contribution is 2.31. The normalized spacial score (nSPS) is 11.3. The standard InChI is InChI=1S/C17H23FN2S/c1-5-15-16(10-19-9-11(2)3)21-17(20-15)13-8-12(4)6-7-14(13)18/h6-8,11,19H,5,9-10H2,1-4H3. The number of nitrogens with one attached hydrogen (secondary N) is 1. The molecule has 2 rings (SSSR count). The molecule has 1 aromatic carbocycles. The van der Waals surface area contributed by atoms with Gasteiger partial charge in [0.1, 0.15) is 10.8 Å². The van der Waals surface area contributed by atoms with Crippen LogP contribution in [0.4, 0.5) is 4.39 Å². The molecular weight excluding hydrogens is 283 g/mol. The van der Waals surface area contributed by atoms with Crippen LogP contribution in [0.5, 0.6) is 0 Å². The molecule has 0 aliphatic carbocycles. The van der Waals surface area contributed by atoms with Gasteiger partial charge in [-0.05, 0) is 37.9 Å². The average Bonchev–Trinajstić information content (AvgIpc) is 2.84. The first kappa shape index (κ1) is 16.1. The highest BCUT2D eigenvalue weighted by atomic mass is 32.1. The Morgan fingerprint density at radius 2 is 2.10 bits per heavy atom. The number of rotatable bonds is 6. The Morgan fingerprint density at radius 3 is 2.76 bits per heavy atom. The number of benzene rings is 1. The fourth-order valence-corrected chi connectivity index (χ4v) is 3.33. The van der Waals surface area contributed by atoms with E-state index in [2.05, 4.69) is 31.1 Å². The van der Waals surface area contributed by atoms with Gasteiger partial charge in [-0.25, -0.2) is 9.37 Å². The zero-order valence-corrected chi connectivity index (χ0v) is 14.0. The molecule has 0 atom stereocenters. The molecule has 1 N–H and O–H groups in total. The van der Waals surface area contributed by atoms with Crippen molar-refractivity contribution in [1.82, 2.24) is 10.3 Å². The van der Waals surface area contributed by atoms with Gasteiger partial charge in [0.2, 0.25) is 0 Å². The lowest BCUT2D eigenvalue weighted by molar-refractivity contribution is 0.553. The minimum atomic E-state index is -0.196. The number of aromatic nitrogens is 1. The second kappa shape index (κ2) is 7.14. The first-order chi connectivity index (χ1) is 10.0. The Bertz CT molecular complexity index is 605. The Hall–Kier alpha value is -1.26. The van der Waals surface area contributed by atoms with E-state index >= 15 is 0 Å². The molecule has 2 nitrogen and oxygen atoms in total. The fraction of sp³-hybridized carbons (Fsp3) is 0.471. The smallest absolute Gasteiger partial charge is 0.133 e. The van der Waals surface area contributed by atoms with Crippen molar-refractivity contribution in [2.45, 2.75) is 40.7 Å². The molecule has 4 heteroatoms. The molecule has 0 fully saturated rings. The summed E-state index contributed by atoms with van der Waals surface area (Å²) < 4.78 is 14.0. The maximum Gasteiger partial charge on any atom is 0.133 e. The lowest BCUT2D eigenvalue weighted by Crippen LogP contribution is -2.18. The number of nitrogens with zero attached hydrogens (tertiary/aromatic N) is 1. The van der Waals surface area contributed by atoms with E-state index in [1.54, 1.807) is 17.4 Å². The van der Waals surface area contributed by atoms with Crippen LogP contribution in [0.15, 0.2) is 18.2 Å². The van der Waals surface area contributed by atoms with Crippen molar-refractivity contribution in [2.75, 3.05) is 6.54 Å². The van der Waals surface area contributed by atoms with Gasteiger partial charge >= 0.3 is 0 Å². The summed E-state index contributed by atoms with van der Waals surface area (Å²) in [5, 5.41) is 4.23. The van der Waals surface area contributed by atoms with Crippen LogP contribution in [-0.2, 0) is 13.0 Å². The van der Waals surface area contributed by atoms with Crippen molar-refractivity contribution >= 4 is 11.3 Å². The van der Waals surface area contributed by atoms with E-state index in [9.17, 15) is 4.39 Å². The van der Waals surface area contributed by atoms with Gasteiger partial charge < -0.3 is 5.32 Å². The third-order valence-electron chi connectivity index (χ3n) is 3.30. The van der Waals surface area contributed by atoms with Gasteiger partial charge in [0.15, 0.2) is 0 Å². The Morgan fingerprint density at radius 1 is 1.33 bits per heavy atom. The highest BCUT2D eigenvalue weighted by Gasteiger charge is 2.14. The summed E-state index contributed by atoms with van der Waals surface area (Å²) in [7, 11) is 0. The van der Waals surface area contributed by atoms with E-state index in [0.717, 1.165) is 35.8 Å². The molecule has 1 aromatic heterocycles. The Balaban J connectivity index is 2.25.